The van der Waals surface area contributed by atoms with Gasteiger partial charge >= 0.3 is 0 Å². The van der Waals surface area contributed by atoms with E-state index in [-0.39, 0.29) is 5.41 Å². The Bertz CT molecular complexity index is 374. The highest BCUT2D eigenvalue weighted by atomic mass is 35.5. The van der Waals surface area contributed by atoms with Crippen LogP contribution in [0.1, 0.15) is 12.0 Å². The molecule has 1 saturated heterocycles. The van der Waals surface area contributed by atoms with Gasteiger partial charge in [0.1, 0.15) is 11.0 Å². The van der Waals surface area contributed by atoms with Crippen LogP contribution >= 0.6 is 11.6 Å². The third-order valence-electron chi connectivity index (χ3n) is 3.13. The van der Waals surface area contributed by atoms with E-state index in [0.717, 1.165) is 32.0 Å². The molecule has 1 unspecified atom stereocenters. The van der Waals surface area contributed by atoms with Crippen molar-refractivity contribution in [3.8, 4) is 0 Å². The van der Waals surface area contributed by atoms with Crippen LogP contribution in [0, 0.1) is 0 Å². The summed E-state index contributed by atoms with van der Waals surface area (Å²) in [5.74, 6) is 0.933. The minimum atomic E-state index is 0.160. The molecule has 0 amide bonds. The zero-order valence-electron chi connectivity index (χ0n) is 7.72. The van der Waals surface area contributed by atoms with Crippen LogP contribution in [0.4, 0.5) is 5.82 Å². The minimum Gasteiger partial charge on any atom is -0.380 e. The molecule has 0 saturated carbocycles. The molecule has 14 heavy (non-hydrogen) atoms. The average molecular weight is 211 g/mol. The van der Waals surface area contributed by atoms with Crippen molar-refractivity contribution in [3.63, 3.8) is 0 Å². The molecule has 3 heterocycles. The predicted molar refractivity (Wildman–Crippen MR) is 54.9 cm³/mol. The van der Waals surface area contributed by atoms with Gasteiger partial charge < -0.3 is 10.1 Å². The number of fused-ring (bicyclic) bond motifs is 2. The summed E-state index contributed by atoms with van der Waals surface area (Å²) in [4.78, 5) is 4.27. The Hall–Kier alpha value is -0.800. The van der Waals surface area contributed by atoms with E-state index in [1.807, 2.05) is 6.07 Å². The van der Waals surface area contributed by atoms with E-state index in [4.69, 9.17) is 16.3 Å². The number of halogens is 1. The van der Waals surface area contributed by atoms with Crippen LogP contribution in [0.15, 0.2) is 12.1 Å². The normalized spacial score (nSPS) is 29.2. The van der Waals surface area contributed by atoms with Gasteiger partial charge in [0.25, 0.3) is 0 Å². The number of pyridine rings is 1. The van der Waals surface area contributed by atoms with Crippen molar-refractivity contribution in [2.75, 3.05) is 25.1 Å². The minimum absolute atomic E-state index is 0.160. The Morgan fingerprint density at radius 2 is 2.43 bits per heavy atom. The summed E-state index contributed by atoms with van der Waals surface area (Å²) in [5, 5.41) is 3.85. The lowest BCUT2D eigenvalue weighted by Crippen LogP contribution is -2.28. The molecule has 0 aromatic carbocycles. The van der Waals surface area contributed by atoms with E-state index in [1.54, 1.807) is 0 Å². The first-order chi connectivity index (χ1) is 6.80. The predicted octanol–water partition coefficient (Wildman–Crippen LogP) is 1.82. The number of hydrogen-bond donors (Lipinski definition) is 1. The van der Waals surface area contributed by atoms with Gasteiger partial charge in [0.05, 0.1) is 6.61 Å². The summed E-state index contributed by atoms with van der Waals surface area (Å²) in [7, 11) is 0. The van der Waals surface area contributed by atoms with Crippen LogP contribution in [0.25, 0.3) is 0 Å². The summed E-state index contributed by atoms with van der Waals surface area (Å²) in [6.45, 7) is 2.58. The van der Waals surface area contributed by atoms with Crippen molar-refractivity contribution in [1.29, 1.82) is 0 Å². The fourth-order valence-corrected chi connectivity index (χ4v) is 2.45. The second-order valence-electron chi connectivity index (χ2n) is 3.97. The van der Waals surface area contributed by atoms with E-state index >= 15 is 0 Å². The topological polar surface area (TPSA) is 34.2 Å². The highest BCUT2D eigenvalue weighted by Crippen LogP contribution is 2.41. The highest BCUT2D eigenvalue weighted by Gasteiger charge is 2.42. The molecule has 74 valence electrons. The number of ether oxygens (including phenoxy) is 1. The number of aromatic nitrogens is 1. The fourth-order valence-electron chi connectivity index (χ4n) is 2.31. The van der Waals surface area contributed by atoms with Crippen LogP contribution in [-0.4, -0.2) is 24.7 Å². The standard InChI is InChI=1S/C10H11ClN2O/c11-8-2-1-7-9(13-8)12-5-10(7)3-4-14-6-10/h1-2H,3-6H2,(H,12,13). The van der Waals surface area contributed by atoms with Gasteiger partial charge in [-0.05, 0) is 12.5 Å². The summed E-state index contributed by atoms with van der Waals surface area (Å²) in [6.07, 6.45) is 1.08. The first-order valence-corrected chi connectivity index (χ1v) is 5.17. The Balaban J connectivity index is 2.09. The molecule has 1 aromatic rings. The van der Waals surface area contributed by atoms with Crippen LogP contribution in [0.2, 0.25) is 5.15 Å². The SMILES string of the molecule is Clc1ccc2c(n1)NCC21CCOC1. The van der Waals surface area contributed by atoms with Crippen LogP contribution in [-0.2, 0) is 10.2 Å². The van der Waals surface area contributed by atoms with Crippen molar-refractivity contribution < 1.29 is 4.74 Å². The van der Waals surface area contributed by atoms with Crippen LogP contribution in [0.3, 0.4) is 0 Å². The molecule has 1 N–H and O–H groups in total. The number of hydrogen-bond acceptors (Lipinski definition) is 3. The molecule has 0 bridgehead atoms. The Kier molecular flexibility index (Phi) is 1.73. The van der Waals surface area contributed by atoms with E-state index in [1.165, 1.54) is 5.56 Å². The van der Waals surface area contributed by atoms with Crippen molar-refractivity contribution in [2.24, 2.45) is 0 Å². The van der Waals surface area contributed by atoms with Gasteiger partial charge in [0.2, 0.25) is 0 Å². The van der Waals surface area contributed by atoms with Crippen molar-refractivity contribution in [2.45, 2.75) is 11.8 Å². The molecular formula is C10H11ClN2O. The van der Waals surface area contributed by atoms with Crippen LogP contribution < -0.4 is 5.32 Å². The lowest BCUT2D eigenvalue weighted by molar-refractivity contribution is 0.181. The molecule has 0 radical (unpaired) electrons. The molecule has 3 rings (SSSR count). The van der Waals surface area contributed by atoms with Crippen molar-refractivity contribution >= 4 is 17.4 Å². The Morgan fingerprint density at radius 1 is 1.50 bits per heavy atom. The average Bonchev–Trinajstić information content (AvgIpc) is 2.77. The molecule has 4 heteroatoms. The maximum Gasteiger partial charge on any atom is 0.131 e. The quantitative estimate of drug-likeness (QED) is 0.664. The molecular weight excluding hydrogens is 200 g/mol. The van der Waals surface area contributed by atoms with E-state index < -0.39 is 0 Å². The number of anilines is 1. The number of nitrogens with one attached hydrogen (secondary N) is 1. The molecule has 1 spiro atoms. The van der Waals surface area contributed by atoms with Gasteiger partial charge in [0.15, 0.2) is 0 Å². The van der Waals surface area contributed by atoms with Crippen molar-refractivity contribution in [3.05, 3.63) is 22.8 Å². The highest BCUT2D eigenvalue weighted by molar-refractivity contribution is 6.29. The molecule has 1 fully saturated rings. The number of nitrogens with zero attached hydrogens (tertiary/aromatic N) is 1. The first-order valence-electron chi connectivity index (χ1n) is 4.79. The summed E-state index contributed by atoms with van der Waals surface area (Å²) < 4.78 is 5.47. The lowest BCUT2D eigenvalue weighted by Gasteiger charge is -2.19. The van der Waals surface area contributed by atoms with Crippen molar-refractivity contribution in [1.82, 2.24) is 4.98 Å². The van der Waals surface area contributed by atoms with E-state index in [0.29, 0.717) is 5.15 Å². The molecule has 1 aromatic heterocycles. The fraction of sp³-hybridized carbons (Fsp3) is 0.500. The maximum absolute atomic E-state index is 5.84. The zero-order valence-corrected chi connectivity index (χ0v) is 8.47. The second kappa shape index (κ2) is 2.84. The Morgan fingerprint density at radius 3 is 3.21 bits per heavy atom. The van der Waals surface area contributed by atoms with Gasteiger partial charge in [0, 0.05) is 24.1 Å². The molecule has 2 aliphatic rings. The van der Waals surface area contributed by atoms with E-state index in [9.17, 15) is 0 Å². The monoisotopic (exact) mass is 210 g/mol. The number of rotatable bonds is 0. The smallest absolute Gasteiger partial charge is 0.131 e. The third kappa shape index (κ3) is 1.06. The maximum atomic E-state index is 5.84. The summed E-state index contributed by atoms with van der Waals surface area (Å²) in [5.41, 5.74) is 1.42. The summed E-state index contributed by atoms with van der Waals surface area (Å²) >= 11 is 5.84. The zero-order chi connectivity index (χ0) is 9.60. The molecule has 1 atom stereocenters. The largest absolute Gasteiger partial charge is 0.380 e. The van der Waals surface area contributed by atoms with Crippen LogP contribution in [0.5, 0.6) is 0 Å². The van der Waals surface area contributed by atoms with Gasteiger partial charge in [-0.3, -0.25) is 0 Å². The van der Waals surface area contributed by atoms with Gasteiger partial charge in [-0.25, -0.2) is 4.98 Å². The molecule has 0 aliphatic carbocycles. The van der Waals surface area contributed by atoms with Gasteiger partial charge in [-0.15, -0.1) is 0 Å². The summed E-state index contributed by atoms with van der Waals surface area (Å²) in [6, 6.07) is 3.92. The molecule has 3 nitrogen and oxygen atoms in total. The third-order valence-corrected chi connectivity index (χ3v) is 3.34. The van der Waals surface area contributed by atoms with Gasteiger partial charge in [-0.1, -0.05) is 17.7 Å². The van der Waals surface area contributed by atoms with E-state index in [2.05, 4.69) is 16.4 Å². The Labute approximate surface area is 87.4 Å². The van der Waals surface area contributed by atoms with Gasteiger partial charge in [-0.2, -0.15) is 0 Å². The second-order valence-corrected chi connectivity index (χ2v) is 4.35. The molecule has 2 aliphatic heterocycles. The first kappa shape index (κ1) is 8.50. The lowest BCUT2D eigenvalue weighted by atomic mass is 9.83.